The molecule has 0 atom stereocenters. The molecule has 0 radical (unpaired) electrons. The summed E-state index contributed by atoms with van der Waals surface area (Å²) in [4.78, 5) is 22.0. The molecular formula is C15H11FO4. The normalized spacial score (nSPS) is 10.1. The van der Waals surface area contributed by atoms with E-state index in [2.05, 4.69) is 4.74 Å². The Morgan fingerprint density at radius 3 is 2.15 bits per heavy atom. The van der Waals surface area contributed by atoms with Gasteiger partial charge in [-0.3, -0.25) is 0 Å². The molecule has 0 saturated heterocycles. The molecule has 2 aromatic carbocycles. The number of methoxy groups -OCH3 is 1. The van der Waals surface area contributed by atoms with Crippen LogP contribution in [0.3, 0.4) is 0 Å². The van der Waals surface area contributed by atoms with Crippen LogP contribution >= 0.6 is 0 Å². The van der Waals surface area contributed by atoms with Crippen LogP contribution in [0.2, 0.25) is 0 Å². The first-order chi connectivity index (χ1) is 9.52. The van der Waals surface area contributed by atoms with Crippen LogP contribution in [0.25, 0.3) is 11.1 Å². The smallest absolute Gasteiger partial charge is 0.340 e. The molecule has 2 rings (SSSR count). The Bertz CT molecular complexity index is 662. The zero-order valence-corrected chi connectivity index (χ0v) is 10.6. The lowest BCUT2D eigenvalue weighted by atomic mass is 10.0. The molecule has 0 saturated carbocycles. The number of carboxylic acids is 1. The van der Waals surface area contributed by atoms with Crippen molar-refractivity contribution >= 4 is 11.9 Å². The third-order valence-corrected chi connectivity index (χ3v) is 2.84. The largest absolute Gasteiger partial charge is 0.478 e. The fraction of sp³-hybridized carbons (Fsp3) is 0.0667. The van der Waals surface area contributed by atoms with Gasteiger partial charge in [-0.15, -0.1) is 0 Å². The first-order valence-electron chi connectivity index (χ1n) is 5.74. The number of halogens is 1. The van der Waals surface area contributed by atoms with Crippen molar-refractivity contribution in [3.05, 3.63) is 59.4 Å². The van der Waals surface area contributed by atoms with Gasteiger partial charge in [-0.1, -0.05) is 18.2 Å². The minimum absolute atomic E-state index is 0.140. The van der Waals surface area contributed by atoms with Gasteiger partial charge in [0, 0.05) is 0 Å². The molecule has 0 aliphatic carbocycles. The van der Waals surface area contributed by atoms with Crippen LogP contribution in [0, 0.1) is 5.82 Å². The SMILES string of the molecule is COC(=O)c1ccc(-c2ccc(C(=O)O)cc2)cc1F. The van der Waals surface area contributed by atoms with Crippen molar-refractivity contribution in [1.29, 1.82) is 0 Å². The van der Waals surface area contributed by atoms with Gasteiger partial charge in [0.1, 0.15) is 5.82 Å². The predicted molar refractivity (Wildman–Crippen MR) is 70.1 cm³/mol. The Labute approximate surface area is 114 Å². The number of ether oxygens (including phenoxy) is 1. The second-order valence-corrected chi connectivity index (χ2v) is 4.07. The number of carboxylic acid groups (broad SMARTS) is 1. The van der Waals surface area contributed by atoms with Crippen molar-refractivity contribution in [1.82, 2.24) is 0 Å². The Morgan fingerprint density at radius 2 is 1.65 bits per heavy atom. The van der Waals surface area contributed by atoms with Gasteiger partial charge in [0.05, 0.1) is 18.2 Å². The number of esters is 1. The minimum atomic E-state index is -1.02. The van der Waals surface area contributed by atoms with E-state index < -0.39 is 17.8 Å². The fourth-order valence-electron chi connectivity index (χ4n) is 1.78. The lowest BCUT2D eigenvalue weighted by molar-refractivity contribution is 0.0594. The average molecular weight is 274 g/mol. The van der Waals surface area contributed by atoms with E-state index in [9.17, 15) is 14.0 Å². The molecule has 20 heavy (non-hydrogen) atoms. The summed E-state index contributed by atoms with van der Waals surface area (Å²) in [5, 5.41) is 8.80. The molecule has 0 spiro atoms. The molecule has 102 valence electrons. The minimum Gasteiger partial charge on any atom is -0.478 e. The molecule has 2 aromatic rings. The van der Waals surface area contributed by atoms with Gasteiger partial charge in [0.25, 0.3) is 0 Å². The van der Waals surface area contributed by atoms with Crippen molar-refractivity contribution in [2.75, 3.05) is 7.11 Å². The number of hydrogen-bond acceptors (Lipinski definition) is 3. The Hall–Kier alpha value is -2.69. The third-order valence-electron chi connectivity index (χ3n) is 2.84. The van der Waals surface area contributed by atoms with E-state index in [1.165, 1.54) is 31.4 Å². The van der Waals surface area contributed by atoms with E-state index in [-0.39, 0.29) is 11.1 Å². The zero-order chi connectivity index (χ0) is 14.7. The number of hydrogen-bond donors (Lipinski definition) is 1. The van der Waals surface area contributed by atoms with E-state index in [0.29, 0.717) is 11.1 Å². The molecule has 0 amide bonds. The third kappa shape index (κ3) is 2.66. The summed E-state index contributed by atoms with van der Waals surface area (Å²) in [6, 6.07) is 10.1. The molecule has 0 aliphatic rings. The number of benzene rings is 2. The van der Waals surface area contributed by atoms with Crippen molar-refractivity contribution < 1.29 is 23.8 Å². The maximum atomic E-state index is 13.8. The van der Waals surface area contributed by atoms with Crippen LogP contribution in [0.1, 0.15) is 20.7 Å². The van der Waals surface area contributed by atoms with Crippen molar-refractivity contribution in [2.24, 2.45) is 0 Å². The number of carbonyl (C=O) groups excluding carboxylic acids is 1. The lowest BCUT2D eigenvalue weighted by Gasteiger charge is -2.05. The Kier molecular flexibility index (Phi) is 3.79. The van der Waals surface area contributed by atoms with E-state index in [0.717, 1.165) is 0 Å². The van der Waals surface area contributed by atoms with E-state index in [1.807, 2.05) is 0 Å². The van der Waals surface area contributed by atoms with Gasteiger partial charge in [-0.25, -0.2) is 14.0 Å². The monoisotopic (exact) mass is 274 g/mol. The highest BCUT2D eigenvalue weighted by Gasteiger charge is 2.13. The molecule has 0 aliphatic heterocycles. The molecule has 0 unspecified atom stereocenters. The fourth-order valence-corrected chi connectivity index (χ4v) is 1.78. The second-order valence-electron chi connectivity index (χ2n) is 4.07. The zero-order valence-electron chi connectivity index (χ0n) is 10.6. The highest BCUT2D eigenvalue weighted by Crippen LogP contribution is 2.22. The van der Waals surface area contributed by atoms with Crippen LogP contribution in [0.15, 0.2) is 42.5 Å². The van der Waals surface area contributed by atoms with Gasteiger partial charge >= 0.3 is 11.9 Å². The highest BCUT2D eigenvalue weighted by atomic mass is 19.1. The number of carbonyl (C=O) groups is 2. The first-order valence-corrected chi connectivity index (χ1v) is 5.74. The van der Waals surface area contributed by atoms with Crippen molar-refractivity contribution in [3.63, 3.8) is 0 Å². The highest BCUT2D eigenvalue weighted by molar-refractivity contribution is 5.90. The number of rotatable bonds is 3. The molecule has 5 heteroatoms. The second kappa shape index (κ2) is 5.52. The van der Waals surface area contributed by atoms with Crippen LogP contribution in [-0.4, -0.2) is 24.2 Å². The van der Waals surface area contributed by atoms with E-state index >= 15 is 0 Å². The molecule has 4 nitrogen and oxygen atoms in total. The van der Waals surface area contributed by atoms with E-state index in [4.69, 9.17) is 5.11 Å². The van der Waals surface area contributed by atoms with Crippen molar-refractivity contribution in [2.45, 2.75) is 0 Å². The Balaban J connectivity index is 2.36. The topological polar surface area (TPSA) is 63.6 Å². The first kappa shape index (κ1) is 13.7. The molecule has 0 heterocycles. The molecule has 0 aromatic heterocycles. The van der Waals surface area contributed by atoms with Gasteiger partial charge in [0.15, 0.2) is 0 Å². The maximum absolute atomic E-state index is 13.8. The molecular weight excluding hydrogens is 263 g/mol. The summed E-state index contributed by atoms with van der Waals surface area (Å²) >= 11 is 0. The molecule has 0 bridgehead atoms. The van der Waals surface area contributed by atoms with Crippen molar-refractivity contribution in [3.8, 4) is 11.1 Å². The molecule has 1 N–H and O–H groups in total. The van der Waals surface area contributed by atoms with Crippen LogP contribution in [-0.2, 0) is 4.74 Å². The maximum Gasteiger partial charge on any atom is 0.340 e. The average Bonchev–Trinajstić information content (AvgIpc) is 2.46. The van der Waals surface area contributed by atoms with Gasteiger partial charge in [-0.05, 0) is 35.4 Å². The van der Waals surface area contributed by atoms with Gasteiger partial charge in [0.2, 0.25) is 0 Å². The van der Waals surface area contributed by atoms with E-state index in [1.54, 1.807) is 18.2 Å². The quantitative estimate of drug-likeness (QED) is 0.874. The van der Waals surface area contributed by atoms with Gasteiger partial charge < -0.3 is 9.84 Å². The molecule has 0 fully saturated rings. The standard InChI is InChI=1S/C15H11FO4/c1-20-15(19)12-7-6-11(8-13(12)16)9-2-4-10(5-3-9)14(17)18/h2-8H,1H3,(H,17,18). The Morgan fingerprint density at radius 1 is 1.05 bits per heavy atom. The van der Waals surface area contributed by atoms with Gasteiger partial charge in [-0.2, -0.15) is 0 Å². The van der Waals surface area contributed by atoms with Crippen LogP contribution in [0.4, 0.5) is 4.39 Å². The predicted octanol–water partition coefficient (Wildman–Crippen LogP) is 2.98. The summed E-state index contributed by atoms with van der Waals surface area (Å²) < 4.78 is 18.2. The van der Waals surface area contributed by atoms with Crippen LogP contribution in [0.5, 0.6) is 0 Å². The summed E-state index contributed by atoms with van der Waals surface area (Å²) in [6.45, 7) is 0. The summed E-state index contributed by atoms with van der Waals surface area (Å²) in [6.07, 6.45) is 0. The summed E-state index contributed by atoms with van der Waals surface area (Å²) in [7, 11) is 1.18. The van der Waals surface area contributed by atoms with Crippen LogP contribution < -0.4 is 0 Å². The summed E-state index contributed by atoms with van der Waals surface area (Å²) in [5.41, 5.74) is 1.22. The number of aromatic carboxylic acids is 1. The summed E-state index contributed by atoms with van der Waals surface area (Å²) in [5.74, 6) is -2.45. The lowest BCUT2D eigenvalue weighted by Crippen LogP contribution is -2.04.